The van der Waals surface area contributed by atoms with Gasteiger partial charge in [0, 0.05) is 21.8 Å². The van der Waals surface area contributed by atoms with Gasteiger partial charge in [-0.3, -0.25) is 4.79 Å². The average molecular weight is 442 g/mol. The maximum absolute atomic E-state index is 12.6. The van der Waals surface area contributed by atoms with Crippen LogP contribution in [0.3, 0.4) is 0 Å². The van der Waals surface area contributed by atoms with E-state index in [1.54, 1.807) is 35.7 Å². The molecule has 154 valence electrons. The number of para-hydroxylation sites is 1. The molecule has 0 aliphatic rings. The summed E-state index contributed by atoms with van der Waals surface area (Å²) in [5, 5.41) is 7.64. The smallest absolute Gasteiger partial charge is 0.325 e. The fraction of sp³-hybridized carbons (Fsp3) is 0.333. The van der Waals surface area contributed by atoms with E-state index in [9.17, 15) is 18.0 Å². The van der Waals surface area contributed by atoms with E-state index in [2.05, 4.69) is 20.4 Å². The highest BCUT2D eigenvalue weighted by Gasteiger charge is 2.27. The molecule has 3 rings (SSSR count). The minimum atomic E-state index is -4.29. The zero-order valence-corrected chi connectivity index (χ0v) is 17.5. The first-order chi connectivity index (χ1) is 13.7. The van der Waals surface area contributed by atoms with Crippen molar-refractivity contribution in [1.82, 2.24) is 19.6 Å². The Hall–Kier alpha value is -2.27. The van der Waals surface area contributed by atoms with Crippen LogP contribution in [-0.2, 0) is 11.2 Å². The summed E-state index contributed by atoms with van der Waals surface area (Å²) in [5.41, 5.74) is 2.45. The number of anilines is 1. The summed E-state index contributed by atoms with van der Waals surface area (Å²) < 4.78 is 39.2. The summed E-state index contributed by atoms with van der Waals surface area (Å²) in [6, 6.07) is 6.43. The highest BCUT2D eigenvalue weighted by Crippen LogP contribution is 2.32. The van der Waals surface area contributed by atoms with Crippen LogP contribution in [0.15, 0.2) is 34.3 Å². The van der Waals surface area contributed by atoms with Gasteiger partial charge < -0.3 is 5.32 Å². The minimum absolute atomic E-state index is 0.0212. The van der Waals surface area contributed by atoms with Crippen molar-refractivity contribution >= 4 is 40.9 Å². The molecule has 0 radical (unpaired) electrons. The van der Waals surface area contributed by atoms with E-state index < -0.39 is 11.9 Å². The number of carbonyl (C=O) groups excluding carboxylic acids is 1. The Balaban J connectivity index is 1.80. The molecule has 2 heterocycles. The Bertz CT molecular complexity index is 1050. The summed E-state index contributed by atoms with van der Waals surface area (Å²) in [6.45, 7) is 3.62. The van der Waals surface area contributed by atoms with Crippen molar-refractivity contribution in [1.29, 1.82) is 0 Å². The molecule has 29 heavy (non-hydrogen) atoms. The first kappa shape index (κ1) is 21.4. The van der Waals surface area contributed by atoms with Crippen molar-refractivity contribution in [3.8, 4) is 0 Å². The van der Waals surface area contributed by atoms with Crippen LogP contribution < -0.4 is 5.32 Å². The Morgan fingerprint density at radius 1 is 1.21 bits per heavy atom. The second kappa shape index (κ2) is 8.62. The Kier molecular flexibility index (Phi) is 6.37. The molecule has 0 unspecified atom stereocenters. The molecule has 0 fully saturated rings. The Morgan fingerprint density at radius 2 is 1.93 bits per heavy atom. The van der Waals surface area contributed by atoms with E-state index >= 15 is 0 Å². The summed E-state index contributed by atoms with van der Waals surface area (Å²) in [6.07, 6.45) is -2.41. The van der Waals surface area contributed by atoms with Crippen LogP contribution in [-0.4, -0.2) is 43.7 Å². The van der Waals surface area contributed by atoms with Gasteiger partial charge in [-0.1, -0.05) is 23.9 Å². The number of hydrogen-bond acceptors (Lipinski definition) is 6. The van der Waals surface area contributed by atoms with Crippen LogP contribution in [0.1, 0.15) is 17.0 Å². The number of nitrogens with zero attached hydrogens (tertiary/aromatic N) is 4. The van der Waals surface area contributed by atoms with E-state index in [1.807, 2.05) is 13.2 Å². The normalized spacial score (nSPS) is 11.8. The highest BCUT2D eigenvalue weighted by atomic mass is 32.2. The third-order valence-corrected chi connectivity index (χ3v) is 5.78. The first-order valence-corrected chi connectivity index (χ1v) is 10.7. The molecule has 1 N–H and O–H groups in total. The predicted octanol–water partition coefficient (Wildman–Crippen LogP) is 4.30. The van der Waals surface area contributed by atoms with Gasteiger partial charge in [-0.25, -0.2) is 9.50 Å². The molecule has 0 bridgehead atoms. The third kappa shape index (κ3) is 5.21. The number of thioether (sulfide) groups is 2. The van der Waals surface area contributed by atoms with Gasteiger partial charge in [0.05, 0.1) is 17.9 Å². The monoisotopic (exact) mass is 441 g/mol. The van der Waals surface area contributed by atoms with Gasteiger partial charge in [0.25, 0.3) is 5.78 Å². The molecular formula is C18H18F3N5OS2. The molecular weight excluding hydrogens is 423 g/mol. The first-order valence-electron chi connectivity index (χ1n) is 8.53. The number of halogens is 3. The Morgan fingerprint density at radius 3 is 2.62 bits per heavy atom. The zero-order valence-electron chi connectivity index (χ0n) is 15.9. The average Bonchev–Trinajstić information content (AvgIpc) is 3.07. The van der Waals surface area contributed by atoms with Gasteiger partial charge in [0.1, 0.15) is 0 Å². The lowest BCUT2D eigenvalue weighted by molar-refractivity contribution is -0.115. The van der Waals surface area contributed by atoms with E-state index in [0.29, 0.717) is 44.5 Å². The maximum Gasteiger partial charge on any atom is 0.398 e. The number of alkyl halides is 3. The summed E-state index contributed by atoms with van der Waals surface area (Å²) in [4.78, 5) is 21.7. The largest absolute Gasteiger partial charge is 0.398 e. The van der Waals surface area contributed by atoms with Crippen molar-refractivity contribution in [2.24, 2.45) is 0 Å². The standard InChI is InChI=1S/C18H18F3N5OS2/c1-10-12(11(2)26-16(22-10)24-17(25-26)28-3)8-15(27)23-13-6-4-5-7-14(13)29-9-18(19,20)21/h4-7H,8-9H2,1-3H3,(H,23,27). The van der Waals surface area contributed by atoms with Gasteiger partial charge in [0.2, 0.25) is 11.1 Å². The molecule has 1 amide bonds. The van der Waals surface area contributed by atoms with E-state index in [4.69, 9.17) is 0 Å². The van der Waals surface area contributed by atoms with Gasteiger partial charge in [-0.2, -0.15) is 18.2 Å². The lowest BCUT2D eigenvalue weighted by Crippen LogP contribution is -2.18. The molecule has 0 aliphatic heterocycles. The zero-order chi connectivity index (χ0) is 21.2. The van der Waals surface area contributed by atoms with E-state index in [-0.39, 0.29) is 12.3 Å². The molecule has 3 aromatic rings. The minimum Gasteiger partial charge on any atom is -0.325 e. The fourth-order valence-electron chi connectivity index (χ4n) is 2.74. The maximum atomic E-state index is 12.6. The van der Waals surface area contributed by atoms with Crippen LogP contribution in [0.2, 0.25) is 0 Å². The molecule has 0 aliphatic carbocycles. The molecule has 2 aromatic heterocycles. The molecule has 0 saturated carbocycles. The van der Waals surface area contributed by atoms with Crippen LogP contribution in [0.5, 0.6) is 0 Å². The Labute approximate surface area is 173 Å². The van der Waals surface area contributed by atoms with Crippen molar-refractivity contribution in [2.45, 2.75) is 36.5 Å². The number of carbonyl (C=O) groups is 1. The molecule has 0 atom stereocenters. The van der Waals surface area contributed by atoms with Gasteiger partial charge >= 0.3 is 6.18 Å². The molecule has 1 aromatic carbocycles. The summed E-state index contributed by atoms with van der Waals surface area (Å²) in [7, 11) is 0. The molecule has 11 heteroatoms. The van der Waals surface area contributed by atoms with Crippen LogP contribution in [0, 0.1) is 13.8 Å². The number of aryl methyl sites for hydroxylation is 2. The van der Waals surface area contributed by atoms with Crippen LogP contribution in [0.4, 0.5) is 18.9 Å². The lowest BCUT2D eigenvalue weighted by Gasteiger charge is -2.13. The van der Waals surface area contributed by atoms with Crippen molar-refractivity contribution < 1.29 is 18.0 Å². The molecule has 0 saturated heterocycles. The summed E-state index contributed by atoms with van der Waals surface area (Å²) >= 11 is 2.03. The van der Waals surface area contributed by atoms with Gasteiger partial charge in [0.15, 0.2) is 0 Å². The predicted molar refractivity (Wildman–Crippen MR) is 108 cm³/mol. The topological polar surface area (TPSA) is 72.2 Å². The van der Waals surface area contributed by atoms with Crippen molar-refractivity contribution in [2.75, 3.05) is 17.3 Å². The van der Waals surface area contributed by atoms with Crippen molar-refractivity contribution in [3.05, 3.63) is 41.2 Å². The van der Waals surface area contributed by atoms with Gasteiger partial charge in [-0.15, -0.1) is 16.9 Å². The number of amides is 1. The number of benzene rings is 1. The fourth-order valence-corrected chi connectivity index (χ4v) is 3.85. The van der Waals surface area contributed by atoms with Crippen LogP contribution in [0.25, 0.3) is 5.78 Å². The quantitative estimate of drug-likeness (QED) is 0.575. The molecule has 0 spiro atoms. The van der Waals surface area contributed by atoms with Crippen LogP contribution >= 0.6 is 23.5 Å². The summed E-state index contributed by atoms with van der Waals surface area (Å²) in [5.74, 6) is -0.909. The second-order valence-corrected chi connectivity index (χ2v) is 7.99. The number of fused-ring (bicyclic) bond motifs is 1. The van der Waals surface area contributed by atoms with E-state index in [0.717, 1.165) is 5.69 Å². The number of aromatic nitrogens is 4. The lowest BCUT2D eigenvalue weighted by atomic mass is 10.1. The van der Waals surface area contributed by atoms with Crippen molar-refractivity contribution in [3.63, 3.8) is 0 Å². The highest BCUT2D eigenvalue weighted by molar-refractivity contribution is 7.99. The number of hydrogen-bond donors (Lipinski definition) is 1. The van der Waals surface area contributed by atoms with E-state index in [1.165, 1.54) is 11.8 Å². The number of nitrogens with one attached hydrogen (secondary N) is 1. The van der Waals surface area contributed by atoms with Gasteiger partial charge in [-0.05, 0) is 32.2 Å². The number of rotatable bonds is 6. The molecule has 6 nitrogen and oxygen atoms in total. The SMILES string of the molecule is CSc1nc2nc(C)c(CC(=O)Nc3ccccc3SCC(F)(F)F)c(C)n2n1. The second-order valence-electron chi connectivity index (χ2n) is 6.20. The third-order valence-electron chi connectivity index (χ3n) is 4.10.